The van der Waals surface area contributed by atoms with Crippen LogP contribution in [-0.2, 0) is 4.79 Å². The molecule has 5 heterocycles. The van der Waals surface area contributed by atoms with Gasteiger partial charge in [0.25, 0.3) is 0 Å². The number of imidazole rings is 1. The summed E-state index contributed by atoms with van der Waals surface area (Å²) >= 11 is 0. The van der Waals surface area contributed by atoms with Crippen LogP contribution in [0.1, 0.15) is 20.3 Å². The molecule has 10 heteroatoms. The van der Waals surface area contributed by atoms with Gasteiger partial charge in [0.1, 0.15) is 5.52 Å². The number of benzene rings is 2. The van der Waals surface area contributed by atoms with E-state index >= 15 is 0 Å². The molecule has 0 fully saturated rings. The number of amides is 1. The first-order valence-corrected chi connectivity index (χ1v) is 13.0. The predicted octanol–water partition coefficient (Wildman–Crippen LogP) is 5.94. The van der Waals surface area contributed by atoms with Gasteiger partial charge in [-0.2, -0.15) is 5.10 Å². The average Bonchev–Trinajstić information content (AvgIpc) is 3.69. The van der Waals surface area contributed by atoms with Crippen molar-refractivity contribution in [3.63, 3.8) is 0 Å². The summed E-state index contributed by atoms with van der Waals surface area (Å²) in [5.74, 6) is 2.29. The van der Waals surface area contributed by atoms with E-state index in [2.05, 4.69) is 25.5 Å². The van der Waals surface area contributed by atoms with Crippen LogP contribution in [0.4, 0.5) is 5.69 Å². The summed E-state index contributed by atoms with van der Waals surface area (Å²) in [5, 5.41) is 10.5. The molecule has 0 bridgehead atoms. The second-order valence-corrected chi connectivity index (χ2v) is 10.1. The number of nitrogens with one attached hydrogen (secondary N) is 3. The van der Waals surface area contributed by atoms with E-state index in [4.69, 9.17) is 19.4 Å². The van der Waals surface area contributed by atoms with E-state index in [1.807, 2.05) is 68.4 Å². The lowest BCUT2D eigenvalue weighted by atomic mass is 10.0. The standard InChI is InChI=1S/C30H25N7O3/c1-16(2)10-26(38)32-19-11-18(13-31-14-19)21-7-8-23-28(33-21)29(37-36-23)30-34-22-5-3-4-20(27(22)35-30)17-6-9-24-25(12-17)40-15-39-24/h3-9,11-14,16H,10,15H2,1-2H3,(H,32,38)(H,34,35)(H,36,37). The topological polar surface area (TPSA) is 131 Å². The van der Waals surface area contributed by atoms with Gasteiger partial charge in [0, 0.05) is 23.7 Å². The molecule has 3 N–H and O–H groups in total. The van der Waals surface area contributed by atoms with Crippen LogP contribution in [-0.4, -0.2) is 42.8 Å². The SMILES string of the molecule is CC(C)CC(=O)Nc1cncc(-c2ccc3[nH]nc(-c4nc5c(-c6ccc7c(c6)OCO7)cccc5[nH]4)c3n2)c1. The van der Waals surface area contributed by atoms with Gasteiger partial charge in [-0.3, -0.25) is 14.9 Å². The first-order valence-electron chi connectivity index (χ1n) is 13.0. The number of pyridine rings is 2. The third-order valence-electron chi connectivity index (χ3n) is 6.74. The number of nitrogens with zero attached hydrogens (tertiary/aromatic N) is 4. The summed E-state index contributed by atoms with van der Waals surface area (Å²) in [6.45, 7) is 4.25. The van der Waals surface area contributed by atoms with Gasteiger partial charge in [-0.15, -0.1) is 0 Å². The second-order valence-electron chi connectivity index (χ2n) is 10.1. The third-order valence-corrected chi connectivity index (χ3v) is 6.74. The van der Waals surface area contributed by atoms with E-state index in [9.17, 15) is 4.79 Å². The summed E-state index contributed by atoms with van der Waals surface area (Å²) in [6.07, 6.45) is 3.81. The lowest BCUT2D eigenvalue weighted by Crippen LogP contribution is -2.14. The van der Waals surface area contributed by atoms with Crippen LogP contribution in [0.3, 0.4) is 0 Å². The van der Waals surface area contributed by atoms with Crippen molar-refractivity contribution in [3.05, 3.63) is 67.0 Å². The summed E-state index contributed by atoms with van der Waals surface area (Å²) in [6, 6.07) is 17.6. The van der Waals surface area contributed by atoms with E-state index < -0.39 is 0 Å². The van der Waals surface area contributed by atoms with Crippen LogP contribution in [0.2, 0.25) is 0 Å². The number of H-pyrrole nitrogens is 2. The van der Waals surface area contributed by atoms with Gasteiger partial charge in [0.15, 0.2) is 23.0 Å². The Morgan fingerprint density at radius 1 is 0.950 bits per heavy atom. The normalized spacial score (nSPS) is 12.5. The fraction of sp³-hybridized carbons (Fsp3) is 0.167. The molecule has 2 aromatic carbocycles. The second kappa shape index (κ2) is 9.49. The molecular formula is C30H25N7O3. The maximum absolute atomic E-state index is 12.3. The molecule has 7 rings (SSSR count). The van der Waals surface area contributed by atoms with Crippen molar-refractivity contribution in [1.29, 1.82) is 0 Å². The van der Waals surface area contributed by atoms with Crippen LogP contribution in [0.25, 0.3) is 56.0 Å². The van der Waals surface area contributed by atoms with E-state index in [0.29, 0.717) is 34.8 Å². The molecule has 0 spiro atoms. The Bertz CT molecular complexity index is 1910. The number of rotatable bonds is 6. The van der Waals surface area contributed by atoms with Gasteiger partial charge < -0.3 is 19.8 Å². The largest absolute Gasteiger partial charge is 0.454 e. The smallest absolute Gasteiger partial charge is 0.231 e. The molecule has 6 aromatic rings. The number of carbonyl (C=O) groups is 1. The minimum absolute atomic E-state index is 0.0421. The number of para-hydroxylation sites is 1. The van der Waals surface area contributed by atoms with Crippen molar-refractivity contribution in [2.75, 3.05) is 12.1 Å². The van der Waals surface area contributed by atoms with E-state index in [0.717, 1.165) is 44.7 Å². The van der Waals surface area contributed by atoms with Crippen molar-refractivity contribution < 1.29 is 14.3 Å². The van der Waals surface area contributed by atoms with Crippen LogP contribution >= 0.6 is 0 Å². The van der Waals surface area contributed by atoms with Crippen LogP contribution < -0.4 is 14.8 Å². The zero-order valence-electron chi connectivity index (χ0n) is 21.9. The Balaban J connectivity index is 1.25. The number of carbonyl (C=O) groups excluding carboxylic acids is 1. The molecule has 0 radical (unpaired) electrons. The van der Waals surface area contributed by atoms with Crippen molar-refractivity contribution in [3.8, 4) is 45.4 Å². The third kappa shape index (κ3) is 4.29. The molecule has 0 saturated heterocycles. The first-order chi connectivity index (χ1) is 19.5. The monoisotopic (exact) mass is 531 g/mol. The lowest BCUT2D eigenvalue weighted by Gasteiger charge is -2.08. The number of aromatic amines is 2. The van der Waals surface area contributed by atoms with Crippen molar-refractivity contribution >= 4 is 33.7 Å². The molecular weight excluding hydrogens is 506 g/mol. The van der Waals surface area contributed by atoms with Gasteiger partial charge >= 0.3 is 0 Å². The maximum atomic E-state index is 12.3. The van der Waals surface area contributed by atoms with Crippen LogP contribution in [0.5, 0.6) is 11.5 Å². The van der Waals surface area contributed by atoms with Gasteiger partial charge in [0.05, 0.1) is 34.1 Å². The molecule has 0 aliphatic carbocycles. The first kappa shape index (κ1) is 23.8. The highest BCUT2D eigenvalue weighted by Gasteiger charge is 2.19. The average molecular weight is 532 g/mol. The number of aromatic nitrogens is 6. The highest BCUT2D eigenvalue weighted by molar-refractivity contribution is 5.97. The summed E-state index contributed by atoms with van der Waals surface area (Å²) in [7, 11) is 0. The molecule has 1 amide bonds. The quantitative estimate of drug-likeness (QED) is 0.242. The van der Waals surface area contributed by atoms with E-state index in [1.165, 1.54) is 0 Å². The molecule has 198 valence electrons. The number of anilines is 1. The van der Waals surface area contributed by atoms with Crippen LogP contribution in [0.15, 0.2) is 67.0 Å². The summed E-state index contributed by atoms with van der Waals surface area (Å²) in [4.78, 5) is 29.8. The molecule has 0 saturated carbocycles. The Hall–Kier alpha value is -5.25. The fourth-order valence-corrected chi connectivity index (χ4v) is 4.90. The molecule has 0 unspecified atom stereocenters. The molecule has 0 atom stereocenters. The number of fused-ring (bicyclic) bond motifs is 3. The number of ether oxygens (including phenoxy) is 2. The molecule has 4 aromatic heterocycles. The lowest BCUT2D eigenvalue weighted by molar-refractivity contribution is -0.116. The van der Waals surface area contributed by atoms with E-state index in [1.54, 1.807) is 12.4 Å². The number of hydrogen-bond acceptors (Lipinski definition) is 7. The Labute approximate surface area is 228 Å². The zero-order valence-corrected chi connectivity index (χ0v) is 21.9. The fourth-order valence-electron chi connectivity index (χ4n) is 4.90. The minimum Gasteiger partial charge on any atom is -0.454 e. The zero-order chi connectivity index (χ0) is 27.2. The Morgan fingerprint density at radius 2 is 1.85 bits per heavy atom. The van der Waals surface area contributed by atoms with Crippen molar-refractivity contribution in [2.24, 2.45) is 5.92 Å². The van der Waals surface area contributed by atoms with Crippen molar-refractivity contribution in [1.82, 2.24) is 30.1 Å². The predicted molar refractivity (Wildman–Crippen MR) is 152 cm³/mol. The highest BCUT2D eigenvalue weighted by Crippen LogP contribution is 2.38. The van der Waals surface area contributed by atoms with Crippen LogP contribution in [0, 0.1) is 5.92 Å². The van der Waals surface area contributed by atoms with Gasteiger partial charge in [-0.05, 0) is 47.9 Å². The molecule has 10 nitrogen and oxygen atoms in total. The van der Waals surface area contributed by atoms with Gasteiger partial charge in [-0.1, -0.05) is 32.0 Å². The van der Waals surface area contributed by atoms with Gasteiger partial charge in [0.2, 0.25) is 12.7 Å². The Kier molecular flexibility index (Phi) is 5.66. The molecule has 40 heavy (non-hydrogen) atoms. The highest BCUT2D eigenvalue weighted by atomic mass is 16.7. The minimum atomic E-state index is -0.0421. The Morgan fingerprint density at radius 3 is 2.75 bits per heavy atom. The summed E-state index contributed by atoms with van der Waals surface area (Å²) < 4.78 is 11.0. The van der Waals surface area contributed by atoms with E-state index in [-0.39, 0.29) is 18.6 Å². The van der Waals surface area contributed by atoms with Gasteiger partial charge in [-0.25, -0.2) is 9.97 Å². The number of hydrogen-bond donors (Lipinski definition) is 3. The molecule has 1 aliphatic rings. The maximum Gasteiger partial charge on any atom is 0.231 e. The molecule has 1 aliphatic heterocycles. The summed E-state index contributed by atoms with van der Waals surface area (Å²) in [5.41, 5.74) is 7.84. The van der Waals surface area contributed by atoms with Crippen molar-refractivity contribution in [2.45, 2.75) is 20.3 Å².